The Morgan fingerprint density at radius 2 is 1.79 bits per heavy atom. The van der Waals surface area contributed by atoms with Gasteiger partial charge in [-0.05, 0) is 34.7 Å². The van der Waals surface area contributed by atoms with E-state index < -0.39 is 0 Å². The normalized spacial score (nSPS) is 28.7. The quantitative estimate of drug-likeness (QED) is 0.730. The molecule has 6 nitrogen and oxygen atoms in total. The summed E-state index contributed by atoms with van der Waals surface area (Å²) in [6.45, 7) is 8.17. The van der Waals surface area contributed by atoms with Gasteiger partial charge in [-0.3, -0.25) is 15.3 Å². The number of aliphatic imine (C=N–C) groups is 1. The van der Waals surface area contributed by atoms with Gasteiger partial charge in [0.05, 0.1) is 11.2 Å². The number of nitrogens with zero attached hydrogens (tertiary/aromatic N) is 2. The van der Waals surface area contributed by atoms with E-state index in [4.69, 9.17) is 9.31 Å². The summed E-state index contributed by atoms with van der Waals surface area (Å²) in [4.78, 5) is 4.42. The molecular formula is C12H23BN4O2. The average molecular weight is 266 g/mol. The number of nitrogens with one attached hydrogen (secondary N) is 2. The van der Waals surface area contributed by atoms with Crippen molar-refractivity contribution in [1.29, 1.82) is 0 Å². The summed E-state index contributed by atoms with van der Waals surface area (Å²) in [5.41, 5.74) is 3.30. The highest BCUT2D eigenvalue weighted by molar-refractivity contribution is 6.60. The minimum Gasteiger partial charge on any atom is -0.399 e. The van der Waals surface area contributed by atoms with Crippen LogP contribution in [0.25, 0.3) is 0 Å². The number of hydrazine groups is 1. The molecular weight excluding hydrogens is 243 g/mol. The molecule has 1 saturated heterocycles. The zero-order chi connectivity index (χ0) is 14.3. The molecule has 2 aliphatic heterocycles. The molecule has 0 aromatic rings. The van der Waals surface area contributed by atoms with Gasteiger partial charge in [-0.15, -0.1) is 0 Å². The molecule has 7 heteroatoms. The Bertz CT molecular complexity index is 393. The van der Waals surface area contributed by atoms with Gasteiger partial charge in [-0.2, -0.15) is 0 Å². The van der Waals surface area contributed by atoms with Crippen molar-refractivity contribution in [2.45, 2.75) is 45.2 Å². The van der Waals surface area contributed by atoms with Gasteiger partial charge in [-0.1, -0.05) is 0 Å². The number of hydrogen-bond acceptors (Lipinski definition) is 6. The van der Waals surface area contributed by atoms with E-state index in [0.717, 1.165) is 5.47 Å². The molecule has 0 aromatic carbocycles. The number of rotatable bonds is 3. The van der Waals surface area contributed by atoms with E-state index in [9.17, 15) is 0 Å². The van der Waals surface area contributed by atoms with Gasteiger partial charge >= 0.3 is 7.12 Å². The maximum Gasteiger partial charge on any atom is 0.497 e. The fraction of sp³-hybridized carbons (Fsp3) is 0.750. The molecule has 2 N–H and O–H groups in total. The molecule has 0 aromatic heterocycles. The monoisotopic (exact) mass is 266 g/mol. The molecule has 1 unspecified atom stereocenters. The first-order valence-electron chi connectivity index (χ1n) is 6.54. The first kappa shape index (κ1) is 14.5. The average Bonchev–Trinajstić information content (AvgIpc) is 2.57. The van der Waals surface area contributed by atoms with Crippen LogP contribution in [0.4, 0.5) is 0 Å². The Morgan fingerprint density at radius 3 is 2.26 bits per heavy atom. The van der Waals surface area contributed by atoms with Crippen LogP contribution in [-0.4, -0.2) is 49.9 Å². The van der Waals surface area contributed by atoms with E-state index in [2.05, 4.69) is 15.7 Å². The molecule has 0 bridgehead atoms. The van der Waals surface area contributed by atoms with Crippen LogP contribution in [0, 0.1) is 0 Å². The highest BCUT2D eigenvalue weighted by Crippen LogP contribution is 2.38. The third-order valence-corrected chi connectivity index (χ3v) is 3.96. The van der Waals surface area contributed by atoms with E-state index in [0.29, 0.717) is 0 Å². The summed E-state index contributed by atoms with van der Waals surface area (Å²) in [5.74, 6) is 0. The van der Waals surface area contributed by atoms with Crippen molar-refractivity contribution in [2.24, 2.45) is 4.99 Å². The first-order chi connectivity index (χ1) is 8.80. The lowest BCUT2D eigenvalue weighted by atomic mass is 9.79. The third-order valence-electron chi connectivity index (χ3n) is 3.96. The van der Waals surface area contributed by atoms with Gasteiger partial charge in [0.15, 0.2) is 6.29 Å². The largest absolute Gasteiger partial charge is 0.497 e. The van der Waals surface area contributed by atoms with E-state index in [-0.39, 0.29) is 24.6 Å². The molecule has 0 radical (unpaired) electrons. The minimum atomic E-state index is -0.387. The number of hydrogen-bond donors (Lipinski definition) is 2. The highest BCUT2D eigenvalue weighted by atomic mass is 16.7. The smallest absolute Gasteiger partial charge is 0.399 e. The molecule has 1 atom stereocenters. The second-order valence-corrected chi connectivity index (χ2v) is 5.79. The maximum atomic E-state index is 6.01. The second kappa shape index (κ2) is 4.90. The lowest BCUT2D eigenvalue weighted by Crippen LogP contribution is -2.48. The summed E-state index contributed by atoms with van der Waals surface area (Å²) in [5, 5.41) is 4.96. The van der Waals surface area contributed by atoms with Crippen LogP contribution in [0.1, 0.15) is 27.7 Å². The molecule has 2 rings (SSSR count). The van der Waals surface area contributed by atoms with Gasteiger partial charge in [0.1, 0.15) is 0 Å². The van der Waals surface area contributed by atoms with Crippen molar-refractivity contribution < 1.29 is 9.31 Å². The van der Waals surface area contributed by atoms with E-state index in [1.165, 1.54) is 0 Å². The molecule has 19 heavy (non-hydrogen) atoms. The fourth-order valence-corrected chi connectivity index (χ4v) is 1.99. The lowest BCUT2D eigenvalue weighted by molar-refractivity contribution is 0.00578. The van der Waals surface area contributed by atoms with Crippen LogP contribution in [0.2, 0.25) is 0 Å². The zero-order valence-corrected chi connectivity index (χ0v) is 12.5. The molecule has 0 amide bonds. The van der Waals surface area contributed by atoms with E-state index >= 15 is 0 Å². The fourth-order valence-electron chi connectivity index (χ4n) is 1.99. The highest BCUT2D eigenvalue weighted by Gasteiger charge is 2.52. The Labute approximate surface area is 115 Å². The summed E-state index contributed by atoms with van der Waals surface area (Å²) >= 11 is 0. The minimum absolute atomic E-state index is 0.115. The molecule has 2 aliphatic rings. The summed E-state index contributed by atoms with van der Waals surface area (Å²) in [7, 11) is 3.33. The predicted octanol–water partition coefficient (Wildman–Crippen LogP) is 0.526. The molecule has 1 fully saturated rings. The van der Waals surface area contributed by atoms with Gasteiger partial charge in [0.25, 0.3) is 0 Å². The van der Waals surface area contributed by atoms with Crippen molar-refractivity contribution in [1.82, 2.24) is 15.8 Å². The Kier molecular flexibility index (Phi) is 3.75. The molecule has 2 heterocycles. The van der Waals surface area contributed by atoms with Crippen LogP contribution in [0.15, 0.2) is 16.7 Å². The summed E-state index contributed by atoms with van der Waals surface area (Å²) in [6, 6.07) is 0. The second-order valence-electron chi connectivity index (χ2n) is 5.79. The molecule has 0 saturated carbocycles. The van der Waals surface area contributed by atoms with Gasteiger partial charge in [0, 0.05) is 24.9 Å². The van der Waals surface area contributed by atoms with Gasteiger partial charge in [-0.25, -0.2) is 5.43 Å². The summed E-state index contributed by atoms with van der Waals surface area (Å²) < 4.78 is 12.0. The van der Waals surface area contributed by atoms with Crippen LogP contribution in [0.5, 0.6) is 0 Å². The molecule has 106 valence electrons. The van der Waals surface area contributed by atoms with Crippen molar-refractivity contribution in [2.75, 3.05) is 14.1 Å². The van der Waals surface area contributed by atoms with Gasteiger partial charge in [0.2, 0.25) is 0 Å². The zero-order valence-electron chi connectivity index (χ0n) is 12.5. The van der Waals surface area contributed by atoms with Crippen LogP contribution < -0.4 is 10.7 Å². The van der Waals surface area contributed by atoms with E-state index in [1.54, 1.807) is 6.21 Å². The molecule has 0 aliphatic carbocycles. The van der Waals surface area contributed by atoms with Gasteiger partial charge < -0.3 is 9.31 Å². The predicted molar refractivity (Wildman–Crippen MR) is 76.4 cm³/mol. The number of allylic oxidation sites excluding steroid dienone is 1. The molecule has 0 spiro atoms. The topological polar surface area (TPSA) is 58.1 Å². The first-order valence-corrected chi connectivity index (χ1v) is 6.54. The SMILES string of the molecule is CNC1N=CC(B2OC(C)(C)C(C)(C)O2)=CN1NC. The Morgan fingerprint density at radius 1 is 1.21 bits per heavy atom. The third kappa shape index (κ3) is 2.56. The van der Waals surface area contributed by atoms with Crippen molar-refractivity contribution in [3.8, 4) is 0 Å². The van der Waals surface area contributed by atoms with E-state index in [1.807, 2.05) is 53.0 Å². The standard InChI is InChI=1S/C12H23BN4O2/c1-11(2)12(3,4)19-13(18-11)9-7-16-10(14-5)17(8-9)15-6/h7-8,10,14-15H,1-6H3. The van der Waals surface area contributed by atoms with Crippen LogP contribution in [0.3, 0.4) is 0 Å². The van der Waals surface area contributed by atoms with Crippen LogP contribution in [-0.2, 0) is 9.31 Å². The Hall–Kier alpha value is -0.885. The van der Waals surface area contributed by atoms with Crippen molar-refractivity contribution in [3.05, 3.63) is 11.7 Å². The van der Waals surface area contributed by atoms with Crippen molar-refractivity contribution in [3.63, 3.8) is 0 Å². The Balaban J connectivity index is 2.17. The lowest BCUT2D eigenvalue weighted by Gasteiger charge is -2.32. The summed E-state index contributed by atoms with van der Waals surface area (Å²) in [6.07, 6.45) is 3.64. The van der Waals surface area contributed by atoms with Crippen LogP contribution >= 0.6 is 0 Å². The van der Waals surface area contributed by atoms with Crippen molar-refractivity contribution >= 4 is 13.3 Å². The maximum absolute atomic E-state index is 6.01.